The Kier molecular flexibility index (Phi) is 5.54. The minimum absolute atomic E-state index is 0.0481. The van der Waals surface area contributed by atoms with E-state index in [4.69, 9.17) is 0 Å². The molecule has 0 radical (unpaired) electrons. The standard InChI is InChI=1S/C21H21N3O4/c1-13(2)10-11-24-20(27)16-9-8-15(12-17(16)21(24)28)19(26)23-22-18(25)14-6-4-3-5-7-14/h3-9,12-13,27-28H,10-11H2,1-2H3. The second-order valence-corrected chi connectivity index (χ2v) is 6.92. The lowest BCUT2D eigenvalue weighted by atomic mass is 10.1. The maximum absolute atomic E-state index is 12.3. The van der Waals surface area contributed by atoms with Gasteiger partial charge in [-0.05, 0) is 42.7 Å². The van der Waals surface area contributed by atoms with E-state index in [2.05, 4.69) is 24.1 Å². The zero-order chi connectivity index (χ0) is 20.3. The Hall–Kier alpha value is -3.48. The number of rotatable bonds is 5. The summed E-state index contributed by atoms with van der Waals surface area (Å²) in [6.45, 7) is 4.56. The number of benzene rings is 2. The van der Waals surface area contributed by atoms with Crippen LogP contribution >= 0.6 is 0 Å². The van der Waals surface area contributed by atoms with Gasteiger partial charge in [0.1, 0.15) is 0 Å². The Morgan fingerprint density at radius 1 is 0.893 bits per heavy atom. The van der Waals surface area contributed by atoms with E-state index in [1.807, 2.05) is 0 Å². The van der Waals surface area contributed by atoms with E-state index >= 15 is 0 Å². The van der Waals surface area contributed by atoms with Gasteiger partial charge in [-0.1, -0.05) is 32.0 Å². The molecule has 0 unspecified atom stereocenters. The van der Waals surface area contributed by atoms with Gasteiger partial charge in [-0.25, -0.2) is 0 Å². The molecule has 2 amide bonds. The van der Waals surface area contributed by atoms with Crippen molar-refractivity contribution in [3.63, 3.8) is 0 Å². The van der Waals surface area contributed by atoms with Crippen LogP contribution in [-0.4, -0.2) is 26.6 Å². The van der Waals surface area contributed by atoms with Gasteiger partial charge in [0.2, 0.25) is 11.8 Å². The number of fused-ring (bicyclic) bond motifs is 1. The molecule has 7 heteroatoms. The zero-order valence-electron chi connectivity index (χ0n) is 15.7. The number of aromatic nitrogens is 1. The fourth-order valence-electron chi connectivity index (χ4n) is 2.83. The van der Waals surface area contributed by atoms with Gasteiger partial charge in [0, 0.05) is 28.4 Å². The van der Waals surface area contributed by atoms with E-state index in [1.54, 1.807) is 30.3 Å². The second kappa shape index (κ2) is 8.04. The maximum Gasteiger partial charge on any atom is 0.295 e. The molecule has 0 aliphatic rings. The van der Waals surface area contributed by atoms with Gasteiger partial charge in [-0.2, -0.15) is 0 Å². The minimum atomic E-state index is -0.708. The van der Waals surface area contributed by atoms with Crippen LogP contribution in [0.3, 0.4) is 0 Å². The molecule has 1 heterocycles. The predicted octanol–water partition coefficient (Wildman–Crippen LogP) is 4.53. The highest BCUT2D eigenvalue weighted by Gasteiger charge is 2.18. The van der Waals surface area contributed by atoms with Crippen LogP contribution in [0.4, 0.5) is 0 Å². The fourth-order valence-corrected chi connectivity index (χ4v) is 2.83. The van der Waals surface area contributed by atoms with Crippen molar-refractivity contribution in [2.24, 2.45) is 16.1 Å². The van der Waals surface area contributed by atoms with Crippen LogP contribution in [0.1, 0.15) is 41.0 Å². The van der Waals surface area contributed by atoms with Gasteiger partial charge in [-0.3, -0.25) is 14.2 Å². The molecule has 3 rings (SSSR count). The number of hydrogen-bond acceptors (Lipinski definition) is 4. The van der Waals surface area contributed by atoms with Crippen molar-refractivity contribution in [3.8, 4) is 11.8 Å². The smallest absolute Gasteiger partial charge is 0.295 e. The van der Waals surface area contributed by atoms with Crippen LogP contribution in [-0.2, 0) is 6.54 Å². The molecule has 0 spiro atoms. The lowest BCUT2D eigenvalue weighted by molar-refractivity contribution is 0.0947. The third-order valence-corrected chi connectivity index (χ3v) is 4.44. The highest BCUT2D eigenvalue weighted by molar-refractivity contribution is 6.03. The number of carbonyl (C=O) groups excluding carboxylic acids is 2. The molecular formula is C21H21N3O4. The number of azo groups is 1. The molecule has 1 aromatic heterocycles. The van der Waals surface area contributed by atoms with Crippen LogP contribution < -0.4 is 0 Å². The average Bonchev–Trinajstić information content (AvgIpc) is 2.94. The monoisotopic (exact) mass is 379 g/mol. The summed E-state index contributed by atoms with van der Waals surface area (Å²) in [6.07, 6.45) is 0.781. The van der Waals surface area contributed by atoms with Crippen molar-refractivity contribution in [1.82, 2.24) is 4.57 Å². The molecule has 0 atom stereocenters. The average molecular weight is 379 g/mol. The first-order valence-electron chi connectivity index (χ1n) is 8.98. The van der Waals surface area contributed by atoms with Gasteiger partial charge < -0.3 is 10.2 Å². The second-order valence-electron chi connectivity index (χ2n) is 6.92. The first-order valence-corrected chi connectivity index (χ1v) is 8.98. The first kappa shape index (κ1) is 19.3. The quantitative estimate of drug-likeness (QED) is 0.635. The predicted molar refractivity (Wildman–Crippen MR) is 105 cm³/mol. The van der Waals surface area contributed by atoms with Gasteiger partial charge >= 0.3 is 0 Å². The van der Waals surface area contributed by atoms with Gasteiger partial charge in [0.15, 0.2) is 0 Å². The Balaban J connectivity index is 1.85. The van der Waals surface area contributed by atoms with Crippen molar-refractivity contribution < 1.29 is 19.8 Å². The highest BCUT2D eigenvalue weighted by atomic mass is 16.3. The van der Waals surface area contributed by atoms with Crippen molar-refractivity contribution in [3.05, 3.63) is 59.7 Å². The fraction of sp³-hybridized carbons (Fsp3) is 0.238. The topological polar surface area (TPSA) is 104 Å². The molecule has 0 aliphatic heterocycles. The SMILES string of the molecule is CC(C)CCn1c(O)c2ccc(C(=O)N=NC(=O)c3ccccc3)cc2c1O. The molecule has 28 heavy (non-hydrogen) atoms. The molecule has 2 N–H and O–H groups in total. The Morgan fingerprint density at radius 3 is 2.14 bits per heavy atom. The molecule has 144 valence electrons. The van der Waals surface area contributed by atoms with Crippen LogP contribution in [0, 0.1) is 5.92 Å². The lowest BCUT2D eigenvalue weighted by Gasteiger charge is -2.08. The van der Waals surface area contributed by atoms with Crippen molar-refractivity contribution in [2.45, 2.75) is 26.8 Å². The summed E-state index contributed by atoms with van der Waals surface area (Å²) in [5.41, 5.74) is 0.493. The third-order valence-electron chi connectivity index (χ3n) is 4.44. The third kappa shape index (κ3) is 3.93. The normalized spacial score (nSPS) is 11.5. The summed E-state index contributed by atoms with van der Waals surface area (Å²) in [4.78, 5) is 24.2. The minimum Gasteiger partial charge on any atom is -0.494 e. The molecule has 0 saturated carbocycles. The summed E-state index contributed by atoms with van der Waals surface area (Å²) in [7, 11) is 0. The number of aromatic hydroxyl groups is 2. The van der Waals surface area contributed by atoms with Crippen LogP contribution in [0.5, 0.6) is 11.8 Å². The Labute approximate surface area is 162 Å². The number of hydrogen-bond donors (Lipinski definition) is 2. The summed E-state index contributed by atoms with van der Waals surface area (Å²) >= 11 is 0. The van der Waals surface area contributed by atoms with Crippen molar-refractivity contribution in [1.29, 1.82) is 0 Å². The van der Waals surface area contributed by atoms with E-state index in [-0.39, 0.29) is 17.3 Å². The van der Waals surface area contributed by atoms with E-state index in [9.17, 15) is 19.8 Å². The van der Waals surface area contributed by atoms with Gasteiger partial charge in [0.05, 0.1) is 0 Å². The summed E-state index contributed by atoms with van der Waals surface area (Å²) in [5, 5.41) is 28.5. The van der Waals surface area contributed by atoms with E-state index in [0.29, 0.717) is 28.8 Å². The molecule has 0 aliphatic carbocycles. The molecule has 2 aromatic carbocycles. The first-order chi connectivity index (χ1) is 13.4. The summed E-state index contributed by atoms with van der Waals surface area (Å²) in [5.74, 6) is -1.08. The van der Waals surface area contributed by atoms with Crippen molar-refractivity contribution in [2.75, 3.05) is 0 Å². The highest BCUT2D eigenvalue weighted by Crippen LogP contribution is 2.37. The molecule has 0 fully saturated rings. The Bertz CT molecular complexity index is 1050. The Morgan fingerprint density at radius 2 is 1.50 bits per heavy atom. The van der Waals surface area contributed by atoms with Crippen molar-refractivity contribution >= 4 is 22.6 Å². The van der Waals surface area contributed by atoms with Crippen LogP contribution in [0.25, 0.3) is 10.8 Å². The largest absolute Gasteiger partial charge is 0.494 e. The molecule has 3 aromatic rings. The van der Waals surface area contributed by atoms with Crippen LogP contribution in [0.2, 0.25) is 0 Å². The number of carbonyl (C=O) groups is 2. The number of nitrogens with zero attached hydrogens (tertiary/aromatic N) is 3. The molecule has 0 bridgehead atoms. The van der Waals surface area contributed by atoms with E-state index < -0.39 is 11.8 Å². The maximum atomic E-state index is 12.3. The molecule has 7 nitrogen and oxygen atoms in total. The summed E-state index contributed by atoms with van der Waals surface area (Å²) < 4.78 is 1.42. The van der Waals surface area contributed by atoms with E-state index in [1.165, 1.54) is 22.8 Å². The van der Waals surface area contributed by atoms with Gasteiger partial charge in [0.25, 0.3) is 11.8 Å². The molecular weight excluding hydrogens is 358 g/mol. The lowest BCUT2D eigenvalue weighted by Crippen LogP contribution is -2.00. The zero-order valence-corrected chi connectivity index (χ0v) is 15.7. The number of amides is 2. The molecule has 0 saturated heterocycles. The summed E-state index contributed by atoms with van der Waals surface area (Å²) in [6, 6.07) is 12.8. The van der Waals surface area contributed by atoms with Crippen LogP contribution in [0.15, 0.2) is 58.8 Å². The van der Waals surface area contributed by atoms with E-state index in [0.717, 1.165) is 6.42 Å². The van der Waals surface area contributed by atoms with Gasteiger partial charge in [-0.15, -0.1) is 10.2 Å².